The summed E-state index contributed by atoms with van der Waals surface area (Å²) in [6, 6.07) is 7.98. The van der Waals surface area contributed by atoms with Gasteiger partial charge < -0.3 is 14.9 Å². The van der Waals surface area contributed by atoms with E-state index >= 15 is 0 Å². The molecule has 1 aliphatic heterocycles. The summed E-state index contributed by atoms with van der Waals surface area (Å²) in [4.78, 5) is 12.4. The average Bonchev–Trinajstić information content (AvgIpc) is 2.85. The summed E-state index contributed by atoms with van der Waals surface area (Å²) in [5, 5.41) is 20.2. The maximum Gasteiger partial charge on any atom is 0.400 e. The Kier molecular flexibility index (Phi) is 8.75. The van der Waals surface area contributed by atoms with Gasteiger partial charge in [-0.25, -0.2) is 17.8 Å². The summed E-state index contributed by atoms with van der Waals surface area (Å²) in [7, 11) is 0. The molecule has 29 heavy (non-hydrogen) atoms. The molecule has 7 atom stereocenters. The molecule has 1 aromatic carbocycles. The quantitative estimate of drug-likeness (QED) is 0.185. The number of aliphatic hydroxyl groups excluding tert-OH is 2. The number of Topliss-reactive ketones (excluding diaryl/α,β-unsaturated/α-hetero) is 1. The summed E-state index contributed by atoms with van der Waals surface area (Å²) in [6.07, 6.45) is -5.76. The van der Waals surface area contributed by atoms with Crippen molar-refractivity contribution in [3.05, 3.63) is 35.9 Å². The second-order valence-corrected chi connectivity index (χ2v) is 16.2. The molecule has 2 N–H and O–H groups in total. The lowest BCUT2D eigenvalue weighted by Crippen LogP contribution is -2.37. The van der Waals surface area contributed by atoms with Crippen LogP contribution in [0.15, 0.2) is 30.3 Å². The lowest BCUT2D eigenvalue weighted by atomic mass is 10.0. The Labute approximate surface area is 182 Å². The molecule has 1 fully saturated rings. The summed E-state index contributed by atoms with van der Waals surface area (Å²) in [5.41, 5.74) is 0.262. The number of thiol groups is 3. The van der Waals surface area contributed by atoms with Crippen LogP contribution < -0.4 is 0 Å². The van der Waals surface area contributed by atoms with E-state index in [0.29, 0.717) is 0 Å². The van der Waals surface area contributed by atoms with Gasteiger partial charge in [0.05, 0.1) is 6.61 Å². The van der Waals surface area contributed by atoms with Crippen molar-refractivity contribution < 1.29 is 46.6 Å². The van der Waals surface area contributed by atoms with E-state index in [1.54, 1.807) is 18.2 Å². The molecule has 1 aromatic rings. The van der Waals surface area contributed by atoms with Gasteiger partial charge in [-0.2, -0.15) is 0 Å². The third-order valence-corrected chi connectivity index (χ3v) is 10.7. The van der Waals surface area contributed by atoms with Crippen molar-refractivity contribution in [2.45, 2.75) is 24.4 Å². The first kappa shape index (κ1) is 25.6. The standard InChI is InChI=1S/C13H19O10P3S3/c1-24(17,27)22-26(19,29)23-25(18,28)20-7-9-11(15)12(16)13(21-9)10(14)8-5-3-2-4-6-8/h2-6,9,11-13,15-16H,7H2,1H3,(H,17,27)(H,18,28)(H,19,29). The van der Waals surface area contributed by atoms with Crippen LogP contribution in [0.1, 0.15) is 10.4 Å². The Morgan fingerprint density at radius 1 is 1.03 bits per heavy atom. The molecule has 0 aromatic heterocycles. The van der Waals surface area contributed by atoms with Crippen LogP contribution in [0.4, 0.5) is 0 Å². The molecule has 1 aliphatic rings. The number of hydrogen-bond acceptors (Lipinski definition) is 10. The molecule has 10 nitrogen and oxygen atoms in total. The Morgan fingerprint density at radius 2 is 1.62 bits per heavy atom. The molecular weight excluding hydrogens is 505 g/mol. The lowest BCUT2D eigenvalue weighted by molar-refractivity contribution is -0.0111. The molecular formula is C13H19O10P3S3. The van der Waals surface area contributed by atoms with Crippen molar-refractivity contribution in [1.82, 2.24) is 0 Å². The monoisotopic (exact) mass is 524 g/mol. The van der Waals surface area contributed by atoms with Gasteiger partial charge >= 0.3 is 13.6 Å². The number of ketones is 1. The fraction of sp³-hybridized carbons (Fsp3) is 0.462. The topological polar surface area (TPSA) is 146 Å². The predicted octanol–water partition coefficient (Wildman–Crippen LogP) is 3.24. The first-order chi connectivity index (χ1) is 13.2. The maximum atomic E-state index is 12.4. The van der Waals surface area contributed by atoms with Gasteiger partial charge in [0, 0.05) is 12.2 Å². The first-order valence-corrected chi connectivity index (χ1v) is 16.5. The Bertz CT molecular complexity index is 878. The number of rotatable bonds is 9. The van der Waals surface area contributed by atoms with E-state index in [2.05, 4.69) is 45.4 Å². The van der Waals surface area contributed by atoms with Crippen molar-refractivity contribution in [2.75, 3.05) is 13.3 Å². The molecule has 0 bridgehead atoms. The van der Waals surface area contributed by atoms with E-state index in [-0.39, 0.29) is 5.56 Å². The molecule has 1 saturated heterocycles. The van der Waals surface area contributed by atoms with Gasteiger partial charge in [0.15, 0.2) is 5.78 Å². The van der Waals surface area contributed by atoms with Crippen molar-refractivity contribution in [3.63, 3.8) is 0 Å². The Balaban J connectivity index is 1.99. The zero-order chi connectivity index (χ0) is 22.0. The van der Waals surface area contributed by atoms with Crippen molar-refractivity contribution >= 4 is 62.7 Å². The number of carbonyl (C=O) groups is 1. The van der Waals surface area contributed by atoms with Gasteiger partial charge in [-0.3, -0.25) is 13.9 Å². The SMILES string of the molecule is CP(=O)(S)OP(=O)(S)OP(=O)(S)OCC1OC(C(=O)c2ccccc2)C(O)C1O. The van der Waals surface area contributed by atoms with E-state index in [4.69, 9.17) is 9.26 Å². The second kappa shape index (κ2) is 9.90. The smallest absolute Gasteiger partial charge is 0.387 e. The molecule has 0 amide bonds. The van der Waals surface area contributed by atoms with Crippen molar-refractivity contribution in [3.8, 4) is 0 Å². The molecule has 0 saturated carbocycles. The number of hydrogen-bond donors (Lipinski definition) is 5. The molecule has 0 spiro atoms. The number of benzene rings is 1. The van der Waals surface area contributed by atoms with Crippen LogP contribution in [0.5, 0.6) is 0 Å². The van der Waals surface area contributed by atoms with E-state index < -0.39 is 57.0 Å². The molecule has 0 aliphatic carbocycles. The largest absolute Gasteiger partial charge is 0.400 e. The van der Waals surface area contributed by atoms with E-state index in [1.807, 2.05) is 0 Å². The highest BCUT2D eigenvalue weighted by Gasteiger charge is 2.47. The van der Waals surface area contributed by atoms with Gasteiger partial charge in [-0.15, -0.1) is 0 Å². The molecule has 2 rings (SSSR count). The highest BCUT2D eigenvalue weighted by Crippen LogP contribution is 2.75. The normalized spacial score (nSPS) is 30.8. The summed E-state index contributed by atoms with van der Waals surface area (Å²) in [6.45, 7) is -12.0. The van der Waals surface area contributed by atoms with E-state index in [0.717, 1.165) is 6.66 Å². The Morgan fingerprint density at radius 3 is 2.17 bits per heavy atom. The highest BCUT2D eigenvalue weighted by molar-refractivity contribution is 8.53. The Hall–Kier alpha value is 0.390. The predicted molar refractivity (Wildman–Crippen MR) is 115 cm³/mol. The van der Waals surface area contributed by atoms with Crippen molar-refractivity contribution in [2.24, 2.45) is 0 Å². The summed E-state index contributed by atoms with van der Waals surface area (Å²) >= 11 is 10.7. The van der Waals surface area contributed by atoms with Crippen LogP contribution in [-0.2, 0) is 31.6 Å². The van der Waals surface area contributed by atoms with Gasteiger partial charge in [0.25, 0.3) is 6.57 Å². The highest BCUT2D eigenvalue weighted by atomic mass is 32.7. The van der Waals surface area contributed by atoms with Crippen LogP contribution in [0, 0.1) is 0 Å². The molecule has 1 heterocycles. The lowest BCUT2D eigenvalue weighted by Gasteiger charge is -2.21. The van der Waals surface area contributed by atoms with Crippen LogP contribution in [-0.4, -0.2) is 53.7 Å². The van der Waals surface area contributed by atoms with Crippen LogP contribution in [0.2, 0.25) is 0 Å². The van der Waals surface area contributed by atoms with Gasteiger partial charge in [0.1, 0.15) is 24.4 Å². The summed E-state index contributed by atoms with van der Waals surface area (Å²) in [5.74, 6) is -0.564. The first-order valence-electron chi connectivity index (χ1n) is 7.85. The third kappa shape index (κ3) is 7.79. The van der Waals surface area contributed by atoms with Gasteiger partial charge in [-0.05, 0) is 0 Å². The maximum absolute atomic E-state index is 12.4. The zero-order valence-corrected chi connectivity index (χ0v) is 20.1. The molecule has 7 unspecified atom stereocenters. The average molecular weight is 524 g/mol. The fourth-order valence-corrected chi connectivity index (χ4v) is 11.0. The number of carbonyl (C=O) groups excluding carboxylic acids is 1. The third-order valence-electron chi connectivity index (χ3n) is 3.54. The van der Waals surface area contributed by atoms with Gasteiger partial charge in [-0.1, -0.05) is 67.1 Å². The molecule has 0 radical (unpaired) electrons. The number of ether oxygens (including phenoxy) is 1. The second-order valence-electron chi connectivity index (χ2n) is 6.01. The van der Waals surface area contributed by atoms with E-state index in [1.165, 1.54) is 12.1 Å². The molecule has 164 valence electrons. The van der Waals surface area contributed by atoms with Crippen LogP contribution in [0.25, 0.3) is 0 Å². The minimum atomic E-state index is -4.41. The number of aliphatic hydroxyl groups is 2. The van der Waals surface area contributed by atoms with Crippen LogP contribution in [0.3, 0.4) is 0 Å². The minimum absolute atomic E-state index is 0.262. The van der Waals surface area contributed by atoms with E-state index in [9.17, 15) is 28.7 Å². The van der Waals surface area contributed by atoms with Crippen LogP contribution >= 0.6 is 56.9 Å². The molecule has 16 heteroatoms. The fourth-order valence-electron chi connectivity index (χ4n) is 2.40. The van der Waals surface area contributed by atoms with Crippen molar-refractivity contribution in [1.29, 1.82) is 0 Å². The zero-order valence-electron chi connectivity index (χ0n) is 14.7. The summed E-state index contributed by atoms with van der Waals surface area (Å²) < 4.78 is 55.0. The van der Waals surface area contributed by atoms with Gasteiger partial charge in [0.2, 0.25) is 0 Å². The minimum Gasteiger partial charge on any atom is -0.387 e.